The number of carbonyl (C=O) groups is 4. The van der Waals surface area contributed by atoms with Crippen molar-refractivity contribution in [1.82, 2.24) is 35.7 Å². The lowest BCUT2D eigenvalue weighted by Crippen LogP contribution is -2.56. The Morgan fingerprint density at radius 3 is 2.70 bits per heavy atom. The van der Waals surface area contributed by atoms with Crippen molar-refractivity contribution in [3.05, 3.63) is 34.8 Å². The predicted molar refractivity (Wildman–Crippen MR) is 173 cm³/mol. The Labute approximate surface area is 281 Å². The number of tetrazole rings is 1. The highest BCUT2D eigenvalue weighted by atomic mass is 79.9. The Hall–Kier alpha value is -4.01. The summed E-state index contributed by atoms with van der Waals surface area (Å²) >= 11 is 3.51. The molecule has 1 saturated heterocycles. The number of ether oxygens (including phenoxy) is 2. The number of amides is 3. The summed E-state index contributed by atoms with van der Waals surface area (Å²) in [6.45, 7) is 7.66. The molecule has 5 atom stereocenters. The van der Waals surface area contributed by atoms with Crippen LogP contribution in [0.4, 0.5) is 4.79 Å². The fourth-order valence-corrected chi connectivity index (χ4v) is 6.60. The lowest BCUT2D eigenvalue weighted by molar-refractivity contribution is -0.145. The van der Waals surface area contributed by atoms with Gasteiger partial charge in [0.05, 0.1) is 17.1 Å². The van der Waals surface area contributed by atoms with E-state index >= 15 is 0 Å². The Morgan fingerprint density at radius 1 is 1.21 bits per heavy atom. The minimum absolute atomic E-state index is 0.0512. The number of hydrogen-bond acceptors (Lipinski definition) is 9. The van der Waals surface area contributed by atoms with Gasteiger partial charge in [0.1, 0.15) is 29.0 Å². The zero-order chi connectivity index (χ0) is 33.9. The molecule has 14 nitrogen and oxygen atoms in total. The van der Waals surface area contributed by atoms with E-state index in [-0.39, 0.29) is 25.3 Å². The van der Waals surface area contributed by atoms with Crippen LogP contribution in [0.25, 0.3) is 11.4 Å². The van der Waals surface area contributed by atoms with Gasteiger partial charge in [-0.05, 0) is 92.7 Å². The van der Waals surface area contributed by atoms with Gasteiger partial charge in [0, 0.05) is 24.4 Å². The van der Waals surface area contributed by atoms with Crippen molar-refractivity contribution in [2.45, 2.75) is 102 Å². The van der Waals surface area contributed by atoms with Crippen LogP contribution in [0.1, 0.15) is 78.7 Å². The van der Waals surface area contributed by atoms with Crippen molar-refractivity contribution in [3.8, 4) is 17.1 Å². The molecule has 0 radical (unpaired) electrons. The maximum Gasteiger partial charge on any atom is 0.408 e. The number of aliphatic carboxylic acids is 1. The summed E-state index contributed by atoms with van der Waals surface area (Å²) in [4.78, 5) is 56.1. The van der Waals surface area contributed by atoms with Gasteiger partial charge >= 0.3 is 12.1 Å². The number of rotatable bonds is 6. The highest BCUT2D eigenvalue weighted by Crippen LogP contribution is 2.45. The van der Waals surface area contributed by atoms with Crippen LogP contribution in [0, 0.1) is 5.92 Å². The van der Waals surface area contributed by atoms with Crippen LogP contribution < -0.4 is 15.4 Å². The fourth-order valence-electron chi connectivity index (χ4n) is 6.10. The molecule has 2 fully saturated rings. The van der Waals surface area contributed by atoms with Crippen LogP contribution >= 0.6 is 15.9 Å². The van der Waals surface area contributed by atoms with E-state index in [9.17, 15) is 24.3 Å². The van der Waals surface area contributed by atoms with E-state index in [0.717, 1.165) is 23.7 Å². The molecule has 3 aliphatic rings. The zero-order valence-electron chi connectivity index (χ0n) is 27.1. The van der Waals surface area contributed by atoms with E-state index < -0.39 is 53.1 Å². The van der Waals surface area contributed by atoms with Crippen molar-refractivity contribution >= 4 is 39.8 Å². The first-order chi connectivity index (χ1) is 22.3. The number of halogens is 1. The van der Waals surface area contributed by atoms with E-state index in [0.29, 0.717) is 36.6 Å². The predicted octanol–water partition coefficient (Wildman–Crippen LogP) is 4.02. The molecule has 3 amide bonds. The number of hydrogen-bond donors (Lipinski definition) is 3. The molecule has 3 heterocycles. The number of nitrogens with zero attached hydrogens (tertiary/aromatic N) is 5. The average Bonchev–Trinajstić information content (AvgIpc) is 3.32. The molecule has 15 heteroatoms. The van der Waals surface area contributed by atoms with Gasteiger partial charge in [-0.25, -0.2) is 9.59 Å². The number of fused-ring (bicyclic) bond motifs is 2. The first kappa shape index (κ1) is 34.3. The molecule has 2 aromatic rings. The summed E-state index contributed by atoms with van der Waals surface area (Å²) in [6, 6.07) is 2.90. The van der Waals surface area contributed by atoms with Gasteiger partial charge in [-0.15, -0.1) is 10.2 Å². The Morgan fingerprint density at radius 2 is 2.00 bits per heavy atom. The van der Waals surface area contributed by atoms with E-state index in [1.807, 2.05) is 31.2 Å². The van der Waals surface area contributed by atoms with Crippen LogP contribution in [0.2, 0.25) is 0 Å². The zero-order valence-corrected chi connectivity index (χ0v) is 28.7. The largest absolute Gasteiger partial charge is 0.493 e. The molecule has 3 N–H and O–H groups in total. The number of alkyl carbamates (subject to hydrolysis) is 1. The van der Waals surface area contributed by atoms with Gasteiger partial charge in [-0.1, -0.05) is 25.0 Å². The lowest BCUT2D eigenvalue weighted by atomic mass is 10.0. The molecule has 1 saturated carbocycles. The second-order valence-electron chi connectivity index (χ2n) is 13.2. The first-order valence-corrected chi connectivity index (χ1v) is 16.8. The molecule has 2 aliphatic heterocycles. The van der Waals surface area contributed by atoms with Gasteiger partial charge in [0.2, 0.25) is 17.6 Å². The maximum atomic E-state index is 14.2. The number of benzene rings is 1. The van der Waals surface area contributed by atoms with Crippen molar-refractivity contribution in [2.24, 2.45) is 5.92 Å². The van der Waals surface area contributed by atoms with Crippen LogP contribution in [-0.4, -0.2) is 90.5 Å². The van der Waals surface area contributed by atoms with Gasteiger partial charge in [0.15, 0.2) is 0 Å². The normalized spacial score (nSPS) is 27.4. The summed E-state index contributed by atoms with van der Waals surface area (Å²) in [5.41, 5.74) is -1.53. The summed E-state index contributed by atoms with van der Waals surface area (Å²) in [6.07, 6.45) is 6.85. The summed E-state index contributed by atoms with van der Waals surface area (Å²) in [5, 5.41) is 28.7. The van der Waals surface area contributed by atoms with E-state index in [1.165, 1.54) is 9.70 Å². The summed E-state index contributed by atoms with van der Waals surface area (Å²) in [5.74, 6) is -1.48. The average molecular weight is 717 g/mol. The Bertz CT molecular complexity index is 1540. The summed E-state index contributed by atoms with van der Waals surface area (Å²) < 4.78 is 11.8. The maximum absolute atomic E-state index is 14.2. The van der Waals surface area contributed by atoms with Crippen LogP contribution in [0.15, 0.2) is 34.8 Å². The summed E-state index contributed by atoms with van der Waals surface area (Å²) in [7, 11) is 0. The fraction of sp³-hybridized carbons (Fsp3) is 0.594. The first-order valence-electron chi connectivity index (χ1n) is 16.1. The van der Waals surface area contributed by atoms with Crippen LogP contribution in [0.5, 0.6) is 5.75 Å². The van der Waals surface area contributed by atoms with Crippen molar-refractivity contribution in [1.29, 1.82) is 0 Å². The minimum Gasteiger partial charge on any atom is -0.493 e. The van der Waals surface area contributed by atoms with Crippen LogP contribution in [-0.2, 0) is 19.1 Å². The van der Waals surface area contributed by atoms with E-state index in [4.69, 9.17) is 9.47 Å². The third kappa shape index (κ3) is 7.94. The molecule has 0 unspecified atom stereocenters. The van der Waals surface area contributed by atoms with Crippen molar-refractivity contribution in [3.63, 3.8) is 0 Å². The minimum atomic E-state index is -1.44. The second-order valence-corrected chi connectivity index (χ2v) is 14.1. The smallest absolute Gasteiger partial charge is 0.408 e. The molecule has 1 aliphatic carbocycles. The number of carboxylic acid groups (broad SMARTS) is 1. The second kappa shape index (κ2) is 14.0. The van der Waals surface area contributed by atoms with E-state index in [2.05, 4.69) is 42.0 Å². The standard InChI is InChI=1S/C32H42BrN7O7/c1-5-46-25-14-13-19(15-22(25)33)26-36-38-40(37-26)21-16-24-27(41)35-32(29(43)44)17-20(32)11-9-7-6-8-10-12-23(28(42)39(24)18-21)34-30(45)47-31(2,3)4/h9,11,13-15,20-21,23-24H,5-8,10,12,16-18H2,1-4H3,(H,34,45)(H,35,41)(H,43,44)/b11-9-/t20-,21-,23+,24+,32-/m1/s1. The SMILES string of the molecule is CCOc1ccc(-c2nnn([C@@H]3C[C@H]4C(=O)N[C@]5(C(=O)O)C[C@H]5/C=C\CCCCC[C@H](NC(=O)OC(C)(C)C)C(=O)N4C3)n2)cc1Br. The third-order valence-corrected chi connectivity index (χ3v) is 9.19. The molecule has 5 rings (SSSR count). The van der Waals surface area contributed by atoms with Crippen molar-refractivity contribution in [2.75, 3.05) is 13.2 Å². The van der Waals surface area contributed by atoms with Crippen LogP contribution in [0.3, 0.4) is 0 Å². The Kier molecular flexibility index (Phi) is 10.2. The number of nitrogens with one attached hydrogen (secondary N) is 2. The van der Waals surface area contributed by atoms with Crippen molar-refractivity contribution < 1.29 is 33.8 Å². The number of aromatic nitrogens is 4. The quantitative estimate of drug-likeness (QED) is 0.370. The topological polar surface area (TPSA) is 178 Å². The molecule has 1 aromatic carbocycles. The highest BCUT2D eigenvalue weighted by molar-refractivity contribution is 9.10. The number of carbonyl (C=O) groups excluding carboxylic acids is 3. The van der Waals surface area contributed by atoms with Gasteiger partial charge < -0.3 is 30.1 Å². The van der Waals surface area contributed by atoms with Gasteiger partial charge in [-0.2, -0.15) is 4.80 Å². The molecular formula is C32H42BrN7O7. The molecular weight excluding hydrogens is 674 g/mol. The molecule has 0 spiro atoms. The van der Waals surface area contributed by atoms with Gasteiger partial charge in [0.25, 0.3) is 0 Å². The lowest BCUT2D eigenvalue weighted by Gasteiger charge is -2.30. The monoisotopic (exact) mass is 715 g/mol. The number of carboxylic acids is 1. The van der Waals surface area contributed by atoms with E-state index in [1.54, 1.807) is 26.8 Å². The molecule has 47 heavy (non-hydrogen) atoms. The Balaban J connectivity index is 1.44. The molecule has 1 aromatic heterocycles. The molecule has 254 valence electrons. The highest BCUT2D eigenvalue weighted by Gasteiger charge is 2.61. The van der Waals surface area contributed by atoms with Gasteiger partial charge in [-0.3, -0.25) is 9.59 Å². The third-order valence-electron chi connectivity index (χ3n) is 8.57. The molecule has 0 bridgehead atoms. The number of allylic oxidation sites excluding steroid dienone is 1.